The average molecular weight is 316 g/mol. The van der Waals surface area contributed by atoms with Crippen LogP contribution in [0.3, 0.4) is 0 Å². The second-order valence-electron chi connectivity index (χ2n) is 9.24. The number of hydrogen-bond donors (Lipinski definition) is 1. The Bertz CT molecular complexity index is 419. The highest BCUT2D eigenvalue weighted by Gasteiger charge is 2.43. The molecule has 1 heteroatoms. The second kappa shape index (κ2) is 7.50. The first kappa shape index (κ1) is 17.2. The third-order valence-corrected chi connectivity index (χ3v) is 7.77. The molecule has 0 radical (unpaired) electrons. The smallest absolute Gasteiger partial charge is 0.0361 e. The summed E-state index contributed by atoms with van der Waals surface area (Å²) in [5.41, 5.74) is 5.98. The van der Waals surface area contributed by atoms with Gasteiger partial charge in [-0.25, -0.2) is 0 Å². The van der Waals surface area contributed by atoms with E-state index in [-0.39, 0.29) is 5.41 Å². The first-order valence-corrected chi connectivity index (χ1v) is 10.4. The fourth-order valence-corrected chi connectivity index (χ4v) is 5.98. The molecule has 0 aromatic carbocycles. The Kier molecular flexibility index (Phi) is 5.61. The maximum absolute atomic E-state index is 5.71. The molecule has 2 N–H and O–H groups in total. The van der Waals surface area contributed by atoms with Crippen LogP contribution in [0.4, 0.5) is 0 Å². The average Bonchev–Trinajstić information content (AvgIpc) is 2.57. The zero-order chi connectivity index (χ0) is 16.3. The minimum absolute atomic E-state index is 0.271. The third-order valence-electron chi connectivity index (χ3n) is 7.77. The van der Waals surface area contributed by atoms with Crippen LogP contribution in [-0.2, 0) is 0 Å². The zero-order valence-corrected chi connectivity index (χ0v) is 15.4. The lowest BCUT2D eigenvalue weighted by molar-refractivity contribution is 0.0656. The number of hydrogen-bond acceptors (Lipinski definition) is 1. The number of nitrogens with two attached hydrogens (primary N) is 1. The van der Waals surface area contributed by atoms with Crippen molar-refractivity contribution in [2.75, 3.05) is 0 Å². The molecule has 1 nitrogen and oxygen atoms in total. The lowest BCUT2D eigenvalue weighted by Crippen LogP contribution is -2.38. The molecule has 3 rings (SSSR count). The molecule has 0 amide bonds. The molecule has 3 fully saturated rings. The monoisotopic (exact) mass is 315 g/mol. The predicted octanol–water partition coefficient (Wildman–Crippen LogP) is 5.74. The summed E-state index contributed by atoms with van der Waals surface area (Å²) in [5.74, 6) is 8.26. The van der Waals surface area contributed by atoms with E-state index in [4.69, 9.17) is 5.73 Å². The van der Waals surface area contributed by atoms with Gasteiger partial charge >= 0.3 is 0 Å². The highest BCUT2D eigenvalue weighted by Crippen LogP contribution is 2.52. The van der Waals surface area contributed by atoms with Crippen molar-refractivity contribution in [2.45, 2.75) is 90.9 Å². The summed E-state index contributed by atoms with van der Waals surface area (Å²) in [6, 6.07) is 2.84. The van der Waals surface area contributed by atoms with Crippen molar-refractivity contribution in [2.24, 2.45) is 40.7 Å². The molecule has 0 aromatic rings. The highest BCUT2D eigenvalue weighted by molar-refractivity contribution is 5.14. The Morgan fingerprint density at radius 3 is 1.70 bits per heavy atom. The Hall–Kier alpha value is -0.640. The largest absolute Gasteiger partial charge is 0.359 e. The molecule has 0 atom stereocenters. The van der Waals surface area contributed by atoms with Crippen LogP contribution < -0.4 is 5.73 Å². The van der Waals surface area contributed by atoms with Gasteiger partial charge in [0.1, 0.15) is 0 Å². The van der Waals surface area contributed by atoms with E-state index in [2.05, 4.69) is 25.8 Å². The van der Waals surface area contributed by atoms with Crippen LogP contribution in [0.1, 0.15) is 90.9 Å². The standard InChI is InChI=1S/C22H37N/c1-17-3-7-19(8-4-17)20-11-13-22(14-12-20,15-16-23)21-9-5-18(2)6-10-21/h17-21H,3-14,23H2,1-2H3. The summed E-state index contributed by atoms with van der Waals surface area (Å²) < 4.78 is 0. The van der Waals surface area contributed by atoms with E-state index < -0.39 is 0 Å². The van der Waals surface area contributed by atoms with Crippen LogP contribution in [0.15, 0.2) is 0 Å². The predicted molar refractivity (Wildman–Crippen MR) is 98.6 cm³/mol. The van der Waals surface area contributed by atoms with E-state index in [1.54, 1.807) is 0 Å². The van der Waals surface area contributed by atoms with Crippen LogP contribution in [0.5, 0.6) is 0 Å². The normalized spacial score (nSPS) is 45.0. The van der Waals surface area contributed by atoms with E-state index in [0.717, 1.165) is 29.6 Å². The molecule has 0 spiro atoms. The Morgan fingerprint density at radius 1 is 0.696 bits per heavy atom. The van der Waals surface area contributed by atoms with Crippen LogP contribution in [0.2, 0.25) is 0 Å². The van der Waals surface area contributed by atoms with Crippen LogP contribution in [-0.4, -0.2) is 0 Å². The van der Waals surface area contributed by atoms with Gasteiger partial charge in [-0.05, 0) is 81.0 Å². The molecule has 130 valence electrons. The lowest BCUT2D eigenvalue weighted by Gasteiger charge is -2.46. The van der Waals surface area contributed by atoms with E-state index in [1.165, 1.54) is 77.0 Å². The molecular weight excluding hydrogens is 278 g/mol. The molecule has 3 aliphatic rings. The van der Waals surface area contributed by atoms with Gasteiger partial charge in [0, 0.05) is 11.5 Å². The van der Waals surface area contributed by atoms with E-state index >= 15 is 0 Å². The van der Waals surface area contributed by atoms with Gasteiger partial charge in [-0.3, -0.25) is 0 Å². The molecular formula is C22H37N. The van der Waals surface area contributed by atoms with Gasteiger partial charge in [0.15, 0.2) is 0 Å². The van der Waals surface area contributed by atoms with E-state index in [0.29, 0.717) is 0 Å². The van der Waals surface area contributed by atoms with Gasteiger partial charge in [0.2, 0.25) is 0 Å². The Balaban J connectivity index is 1.60. The SMILES string of the molecule is CC1CCC(C2CCC(C#CN)(C3CCC(C)CC3)CC2)CC1. The van der Waals surface area contributed by atoms with Gasteiger partial charge in [-0.15, -0.1) is 0 Å². The van der Waals surface area contributed by atoms with Crippen molar-refractivity contribution >= 4 is 0 Å². The van der Waals surface area contributed by atoms with Crippen molar-refractivity contribution in [3.63, 3.8) is 0 Å². The lowest BCUT2D eigenvalue weighted by atomic mass is 9.57. The van der Waals surface area contributed by atoms with E-state index in [9.17, 15) is 0 Å². The van der Waals surface area contributed by atoms with Gasteiger partial charge in [0.05, 0.1) is 0 Å². The molecule has 0 aliphatic heterocycles. The van der Waals surface area contributed by atoms with Gasteiger partial charge in [0.25, 0.3) is 0 Å². The second-order valence-corrected chi connectivity index (χ2v) is 9.24. The summed E-state index contributed by atoms with van der Waals surface area (Å²) >= 11 is 0. The quantitative estimate of drug-likeness (QED) is 0.510. The van der Waals surface area contributed by atoms with Crippen LogP contribution in [0.25, 0.3) is 0 Å². The fraction of sp³-hybridized carbons (Fsp3) is 0.909. The maximum Gasteiger partial charge on any atom is 0.0361 e. The van der Waals surface area contributed by atoms with E-state index in [1.807, 2.05) is 0 Å². The van der Waals surface area contributed by atoms with Crippen LogP contribution >= 0.6 is 0 Å². The molecule has 0 saturated heterocycles. The topological polar surface area (TPSA) is 26.0 Å². The molecule has 0 heterocycles. The first-order valence-electron chi connectivity index (χ1n) is 10.4. The minimum Gasteiger partial charge on any atom is -0.359 e. The molecule has 0 bridgehead atoms. The molecule has 0 unspecified atom stereocenters. The minimum atomic E-state index is 0.271. The van der Waals surface area contributed by atoms with Gasteiger partial charge in [-0.2, -0.15) is 0 Å². The van der Waals surface area contributed by atoms with Crippen molar-refractivity contribution < 1.29 is 0 Å². The molecule has 0 aromatic heterocycles. The summed E-state index contributed by atoms with van der Waals surface area (Å²) in [7, 11) is 0. The Morgan fingerprint density at radius 2 is 1.17 bits per heavy atom. The molecule has 3 saturated carbocycles. The summed E-state index contributed by atoms with van der Waals surface area (Å²) in [5, 5.41) is 0. The summed E-state index contributed by atoms with van der Waals surface area (Å²) in [4.78, 5) is 0. The van der Waals surface area contributed by atoms with Gasteiger partial charge in [-0.1, -0.05) is 45.5 Å². The highest BCUT2D eigenvalue weighted by atomic mass is 14.5. The first-order chi connectivity index (χ1) is 11.1. The number of rotatable bonds is 2. The fourth-order valence-electron chi connectivity index (χ4n) is 5.98. The maximum atomic E-state index is 5.71. The third kappa shape index (κ3) is 3.89. The summed E-state index contributed by atoms with van der Waals surface area (Å²) in [6.07, 6.45) is 17.0. The Labute approximate surface area is 144 Å². The zero-order valence-electron chi connectivity index (χ0n) is 15.4. The van der Waals surface area contributed by atoms with Crippen molar-refractivity contribution in [1.29, 1.82) is 0 Å². The summed E-state index contributed by atoms with van der Waals surface area (Å²) in [6.45, 7) is 4.85. The van der Waals surface area contributed by atoms with Crippen LogP contribution in [0, 0.1) is 47.0 Å². The van der Waals surface area contributed by atoms with Gasteiger partial charge < -0.3 is 5.73 Å². The van der Waals surface area contributed by atoms with Crippen molar-refractivity contribution in [3.05, 3.63) is 0 Å². The molecule has 23 heavy (non-hydrogen) atoms. The molecule has 3 aliphatic carbocycles. The van der Waals surface area contributed by atoms with Crippen molar-refractivity contribution in [3.8, 4) is 12.0 Å². The van der Waals surface area contributed by atoms with Crippen molar-refractivity contribution in [1.82, 2.24) is 0 Å².